The standard InChI is InChI=1S/C12H19BN2O2/c1-6-9(2)12(5)11(3,4)16-13(17-12)10-7-14-15-8-10/h6-8H,1-5H3,(H,14,15)/b9-6+. The van der Waals surface area contributed by atoms with E-state index in [9.17, 15) is 0 Å². The van der Waals surface area contributed by atoms with Crippen LogP contribution in [0.25, 0.3) is 0 Å². The Morgan fingerprint density at radius 3 is 2.65 bits per heavy atom. The van der Waals surface area contributed by atoms with E-state index in [2.05, 4.69) is 44.0 Å². The Balaban J connectivity index is 2.32. The number of rotatable bonds is 2. The monoisotopic (exact) mass is 234 g/mol. The van der Waals surface area contributed by atoms with Gasteiger partial charge in [-0.2, -0.15) is 5.10 Å². The lowest BCUT2D eigenvalue weighted by Crippen LogP contribution is -2.45. The van der Waals surface area contributed by atoms with Crippen LogP contribution in [-0.4, -0.2) is 28.5 Å². The Bertz CT molecular complexity index is 428. The highest BCUT2D eigenvalue weighted by Crippen LogP contribution is 2.41. The van der Waals surface area contributed by atoms with Gasteiger partial charge in [-0.25, -0.2) is 0 Å². The zero-order valence-corrected chi connectivity index (χ0v) is 11.1. The number of nitrogens with one attached hydrogen (secondary N) is 1. The van der Waals surface area contributed by atoms with Gasteiger partial charge in [0, 0.05) is 17.9 Å². The van der Waals surface area contributed by atoms with Crippen molar-refractivity contribution in [1.82, 2.24) is 10.2 Å². The molecule has 4 nitrogen and oxygen atoms in total. The van der Waals surface area contributed by atoms with Crippen LogP contribution in [-0.2, 0) is 9.31 Å². The van der Waals surface area contributed by atoms with Gasteiger partial charge in [0.2, 0.25) is 0 Å². The first-order valence-electron chi connectivity index (χ1n) is 5.88. The highest BCUT2D eigenvalue weighted by atomic mass is 16.7. The summed E-state index contributed by atoms with van der Waals surface area (Å²) in [5.41, 5.74) is 1.31. The molecule has 0 saturated carbocycles. The molecule has 1 aromatic heterocycles. The molecule has 2 heterocycles. The van der Waals surface area contributed by atoms with Crippen LogP contribution in [0.3, 0.4) is 0 Å². The van der Waals surface area contributed by atoms with Crippen LogP contribution in [0.5, 0.6) is 0 Å². The van der Waals surface area contributed by atoms with Crippen molar-refractivity contribution in [1.29, 1.82) is 0 Å². The Labute approximate surface area is 103 Å². The normalized spacial score (nSPS) is 28.8. The molecule has 0 aromatic carbocycles. The Morgan fingerprint density at radius 1 is 1.41 bits per heavy atom. The van der Waals surface area contributed by atoms with Crippen molar-refractivity contribution < 1.29 is 9.31 Å². The van der Waals surface area contributed by atoms with Gasteiger partial charge >= 0.3 is 7.12 Å². The highest BCUT2D eigenvalue weighted by Gasteiger charge is 2.55. The van der Waals surface area contributed by atoms with E-state index >= 15 is 0 Å². The second-order valence-electron chi connectivity index (χ2n) is 5.11. The lowest BCUT2D eigenvalue weighted by atomic mass is 9.81. The molecule has 0 radical (unpaired) electrons. The van der Waals surface area contributed by atoms with Crippen LogP contribution in [0.1, 0.15) is 34.6 Å². The zero-order chi connectivity index (χ0) is 12.7. The maximum atomic E-state index is 6.11. The first kappa shape index (κ1) is 12.4. The summed E-state index contributed by atoms with van der Waals surface area (Å²) in [6.07, 6.45) is 5.61. The molecule has 0 spiro atoms. The molecule has 0 amide bonds. The minimum atomic E-state index is -0.413. The SMILES string of the molecule is C/C=C(\C)C1(C)OB(c2cn[nH]c2)OC1(C)C. The summed E-state index contributed by atoms with van der Waals surface area (Å²) in [7, 11) is -0.358. The molecule has 17 heavy (non-hydrogen) atoms. The molecule has 1 aliphatic heterocycles. The van der Waals surface area contributed by atoms with E-state index in [0.717, 1.165) is 5.46 Å². The third kappa shape index (κ3) is 1.83. The molecular formula is C12H19BN2O2. The number of hydrogen-bond donors (Lipinski definition) is 1. The van der Waals surface area contributed by atoms with E-state index in [1.165, 1.54) is 5.57 Å². The molecular weight excluding hydrogens is 215 g/mol. The largest absolute Gasteiger partial charge is 0.498 e. The lowest BCUT2D eigenvalue weighted by Gasteiger charge is -2.37. The van der Waals surface area contributed by atoms with Gasteiger partial charge in [0.25, 0.3) is 0 Å². The molecule has 1 fully saturated rings. The molecule has 0 aliphatic carbocycles. The summed E-state index contributed by atoms with van der Waals surface area (Å²) in [5.74, 6) is 0. The number of aromatic amines is 1. The van der Waals surface area contributed by atoms with Crippen molar-refractivity contribution in [3.05, 3.63) is 24.0 Å². The molecule has 1 aliphatic rings. The maximum absolute atomic E-state index is 6.11. The first-order chi connectivity index (χ1) is 7.90. The fourth-order valence-corrected chi connectivity index (χ4v) is 2.13. The number of nitrogens with zero attached hydrogens (tertiary/aromatic N) is 1. The second-order valence-corrected chi connectivity index (χ2v) is 5.11. The molecule has 1 N–H and O–H groups in total. The van der Waals surface area contributed by atoms with Crippen LogP contribution >= 0.6 is 0 Å². The highest BCUT2D eigenvalue weighted by molar-refractivity contribution is 6.62. The van der Waals surface area contributed by atoms with Crippen LogP contribution in [0.15, 0.2) is 24.0 Å². The van der Waals surface area contributed by atoms with E-state index in [4.69, 9.17) is 9.31 Å². The predicted octanol–water partition coefficient (Wildman–Crippen LogP) is 1.66. The maximum Gasteiger partial charge on any atom is 0.498 e. The van der Waals surface area contributed by atoms with Gasteiger partial charge in [-0.05, 0) is 40.2 Å². The third-order valence-corrected chi connectivity index (χ3v) is 3.87. The average Bonchev–Trinajstić information content (AvgIpc) is 2.85. The predicted molar refractivity (Wildman–Crippen MR) is 68.1 cm³/mol. The van der Waals surface area contributed by atoms with E-state index in [1.54, 1.807) is 12.4 Å². The van der Waals surface area contributed by atoms with Crippen LogP contribution < -0.4 is 5.46 Å². The van der Waals surface area contributed by atoms with Gasteiger partial charge in [0.15, 0.2) is 0 Å². The molecule has 1 atom stereocenters. The van der Waals surface area contributed by atoms with Gasteiger partial charge in [0.05, 0.1) is 11.2 Å². The molecule has 0 bridgehead atoms. The molecule has 1 aromatic rings. The number of aromatic nitrogens is 2. The van der Waals surface area contributed by atoms with Gasteiger partial charge in [-0.15, -0.1) is 0 Å². The summed E-state index contributed by atoms with van der Waals surface area (Å²) in [5, 5.41) is 6.71. The fraction of sp³-hybridized carbons (Fsp3) is 0.583. The number of allylic oxidation sites excluding steroid dienone is 1. The smallest absolute Gasteiger partial charge is 0.399 e. The van der Waals surface area contributed by atoms with E-state index in [-0.39, 0.29) is 12.7 Å². The van der Waals surface area contributed by atoms with Crippen molar-refractivity contribution >= 4 is 12.6 Å². The van der Waals surface area contributed by atoms with E-state index in [0.29, 0.717) is 0 Å². The number of hydrogen-bond acceptors (Lipinski definition) is 3. The Morgan fingerprint density at radius 2 is 2.12 bits per heavy atom. The quantitative estimate of drug-likeness (QED) is 0.625. The summed E-state index contributed by atoms with van der Waals surface area (Å²) >= 11 is 0. The minimum absolute atomic E-state index is 0.358. The summed E-state index contributed by atoms with van der Waals surface area (Å²) < 4.78 is 12.1. The van der Waals surface area contributed by atoms with E-state index < -0.39 is 5.60 Å². The topological polar surface area (TPSA) is 47.1 Å². The van der Waals surface area contributed by atoms with Crippen molar-refractivity contribution in [2.75, 3.05) is 0 Å². The van der Waals surface area contributed by atoms with Crippen LogP contribution in [0.2, 0.25) is 0 Å². The van der Waals surface area contributed by atoms with Gasteiger partial charge in [-0.1, -0.05) is 6.08 Å². The first-order valence-corrected chi connectivity index (χ1v) is 5.88. The van der Waals surface area contributed by atoms with Crippen molar-refractivity contribution in [3.8, 4) is 0 Å². The zero-order valence-electron chi connectivity index (χ0n) is 11.1. The Hall–Kier alpha value is -1.07. The molecule has 2 rings (SSSR count). The third-order valence-electron chi connectivity index (χ3n) is 3.87. The molecule has 1 unspecified atom stereocenters. The summed E-state index contributed by atoms with van der Waals surface area (Å²) in [6, 6.07) is 0. The van der Waals surface area contributed by atoms with Crippen LogP contribution in [0, 0.1) is 0 Å². The van der Waals surface area contributed by atoms with Crippen molar-refractivity contribution in [2.45, 2.75) is 45.8 Å². The van der Waals surface area contributed by atoms with Crippen LogP contribution in [0.4, 0.5) is 0 Å². The van der Waals surface area contributed by atoms with Crippen molar-refractivity contribution in [3.63, 3.8) is 0 Å². The summed E-state index contributed by atoms with van der Waals surface area (Å²) in [4.78, 5) is 0. The molecule has 5 heteroatoms. The molecule has 1 saturated heterocycles. The summed E-state index contributed by atoms with van der Waals surface area (Å²) in [6.45, 7) is 10.3. The van der Waals surface area contributed by atoms with Gasteiger partial charge in [-0.3, -0.25) is 5.10 Å². The van der Waals surface area contributed by atoms with Gasteiger partial charge in [0.1, 0.15) is 0 Å². The average molecular weight is 234 g/mol. The second kappa shape index (κ2) is 4.00. The van der Waals surface area contributed by atoms with Crippen molar-refractivity contribution in [2.24, 2.45) is 0 Å². The molecule has 92 valence electrons. The fourth-order valence-electron chi connectivity index (χ4n) is 2.13. The van der Waals surface area contributed by atoms with E-state index in [1.807, 2.05) is 6.92 Å². The Kier molecular flexibility index (Phi) is 2.91. The van der Waals surface area contributed by atoms with Gasteiger partial charge < -0.3 is 9.31 Å². The number of H-pyrrole nitrogens is 1. The minimum Gasteiger partial charge on any atom is -0.399 e. The lowest BCUT2D eigenvalue weighted by molar-refractivity contribution is 0.0195.